The van der Waals surface area contributed by atoms with Crippen LogP contribution in [0.15, 0.2) is 82.2 Å². The lowest BCUT2D eigenvalue weighted by molar-refractivity contribution is 0.0778. The first-order chi connectivity index (χ1) is 14.1. The molecule has 0 aliphatic carbocycles. The average molecular weight is 388 g/mol. The summed E-state index contributed by atoms with van der Waals surface area (Å²) < 4.78 is 1.50. The molecule has 1 aliphatic heterocycles. The zero-order valence-corrected chi connectivity index (χ0v) is 15.9. The first kappa shape index (κ1) is 18.5. The number of carbonyl (C=O) groups excluding carboxylic acids is 1. The second-order valence-electron chi connectivity index (χ2n) is 6.76. The van der Waals surface area contributed by atoms with Gasteiger partial charge in [-0.3, -0.25) is 24.6 Å². The third kappa shape index (κ3) is 3.62. The molecular formula is C22H20N4O3. The molecule has 146 valence electrons. The Morgan fingerprint density at radius 3 is 2.66 bits per heavy atom. The summed E-state index contributed by atoms with van der Waals surface area (Å²) in [5.74, 6) is -0.201. The zero-order chi connectivity index (χ0) is 20.4. The number of nitrogens with zero attached hydrogens (tertiary/aromatic N) is 2. The van der Waals surface area contributed by atoms with Crippen LogP contribution in [-0.2, 0) is 6.54 Å². The molecule has 4 rings (SSSR count). The molecule has 0 saturated carbocycles. The van der Waals surface area contributed by atoms with Crippen LogP contribution in [-0.4, -0.2) is 20.5 Å². The number of hydrogen-bond donors (Lipinski definition) is 2. The minimum atomic E-state index is -0.483. The number of fused-ring (bicyclic) bond motifs is 1. The Morgan fingerprint density at radius 1 is 1.07 bits per heavy atom. The Labute approximate surface area is 166 Å². The van der Waals surface area contributed by atoms with E-state index in [1.54, 1.807) is 54.9 Å². The molecule has 0 fully saturated rings. The standard InChI is InChI=1S/C22H20N4O3/c1-2-15-10-11-26(23-13-15)21(28)17-7-5-6-16(12-17)14-25-19-9-4-3-8-18(19)20(27)24-22(25)29/h3-13,23H,2,14H2,1H3,(H,24,27,29). The van der Waals surface area contributed by atoms with Gasteiger partial charge in [0.2, 0.25) is 0 Å². The van der Waals surface area contributed by atoms with Crippen LogP contribution in [0.5, 0.6) is 0 Å². The smallest absolute Gasteiger partial charge is 0.299 e. The lowest BCUT2D eigenvalue weighted by Crippen LogP contribution is -2.37. The fourth-order valence-corrected chi connectivity index (χ4v) is 3.28. The summed E-state index contributed by atoms with van der Waals surface area (Å²) >= 11 is 0. The lowest BCUT2D eigenvalue weighted by Gasteiger charge is -2.22. The molecular weight excluding hydrogens is 368 g/mol. The number of H-pyrrole nitrogens is 1. The van der Waals surface area contributed by atoms with Crippen LogP contribution < -0.4 is 16.7 Å². The second kappa shape index (κ2) is 7.63. The topological polar surface area (TPSA) is 87.2 Å². The van der Waals surface area contributed by atoms with Crippen LogP contribution in [0.1, 0.15) is 29.3 Å². The first-order valence-electron chi connectivity index (χ1n) is 9.34. The van der Waals surface area contributed by atoms with E-state index < -0.39 is 11.2 Å². The van der Waals surface area contributed by atoms with Gasteiger partial charge >= 0.3 is 5.69 Å². The molecule has 1 amide bonds. The number of hydrazine groups is 1. The van der Waals surface area contributed by atoms with Crippen LogP contribution in [0.4, 0.5) is 0 Å². The molecule has 0 bridgehead atoms. The van der Waals surface area contributed by atoms with E-state index in [4.69, 9.17) is 0 Å². The van der Waals surface area contributed by atoms with Gasteiger partial charge in [0, 0.05) is 18.0 Å². The molecule has 0 radical (unpaired) electrons. The minimum Gasteiger partial charge on any atom is -0.299 e. The largest absolute Gasteiger partial charge is 0.329 e. The van der Waals surface area contributed by atoms with Crippen molar-refractivity contribution in [3.63, 3.8) is 0 Å². The Morgan fingerprint density at radius 2 is 1.90 bits per heavy atom. The van der Waals surface area contributed by atoms with Crippen molar-refractivity contribution in [1.82, 2.24) is 20.0 Å². The highest BCUT2D eigenvalue weighted by Crippen LogP contribution is 2.14. The summed E-state index contributed by atoms with van der Waals surface area (Å²) in [6.07, 6.45) is 6.27. The lowest BCUT2D eigenvalue weighted by atomic mass is 10.1. The number of carbonyl (C=O) groups is 1. The number of rotatable bonds is 4. The summed E-state index contributed by atoms with van der Waals surface area (Å²) in [5, 5.41) is 1.86. The Hall–Kier alpha value is -3.87. The maximum atomic E-state index is 12.8. The molecule has 3 aromatic rings. The van der Waals surface area contributed by atoms with Crippen molar-refractivity contribution in [3.8, 4) is 0 Å². The van der Waals surface area contributed by atoms with Crippen LogP contribution in [0, 0.1) is 0 Å². The summed E-state index contributed by atoms with van der Waals surface area (Å²) in [6, 6.07) is 14.1. The van der Waals surface area contributed by atoms with Gasteiger partial charge in [-0.2, -0.15) is 0 Å². The third-order valence-corrected chi connectivity index (χ3v) is 4.87. The number of hydrogen-bond acceptors (Lipinski definition) is 4. The maximum Gasteiger partial charge on any atom is 0.329 e. The predicted molar refractivity (Wildman–Crippen MR) is 111 cm³/mol. The number of allylic oxidation sites excluding steroid dienone is 2. The van der Waals surface area contributed by atoms with Crippen molar-refractivity contribution in [2.75, 3.05) is 0 Å². The number of aromatic amines is 1. The van der Waals surface area contributed by atoms with Gasteiger partial charge in [0.1, 0.15) is 0 Å². The van der Waals surface area contributed by atoms with Crippen molar-refractivity contribution in [3.05, 3.63) is 105 Å². The zero-order valence-electron chi connectivity index (χ0n) is 15.9. The monoisotopic (exact) mass is 388 g/mol. The van der Waals surface area contributed by atoms with Gasteiger partial charge in [0.15, 0.2) is 0 Å². The SMILES string of the molecule is CCC1=CNN(C(=O)c2cccc(Cn3c(=O)[nH]c(=O)c4ccccc43)c2)C=C1. The summed E-state index contributed by atoms with van der Waals surface area (Å²) in [4.78, 5) is 39.6. The second-order valence-corrected chi connectivity index (χ2v) is 6.76. The summed E-state index contributed by atoms with van der Waals surface area (Å²) in [7, 11) is 0. The number of nitrogens with one attached hydrogen (secondary N) is 2. The molecule has 2 aromatic carbocycles. The van der Waals surface area contributed by atoms with E-state index in [9.17, 15) is 14.4 Å². The average Bonchev–Trinajstić information content (AvgIpc) is 2.76. The highest BCUT2D eigenvalue weighted by molar-refractivity contribution is 5.95. The van der Waals surface area contributed by atoms with Crippen LogP contribution in [0.2, 0.25) is 0 Å². The maximum absolute atomic E-state index is 12.8. The minimum absolute atomic E-state index is 0.201. The van der Waals surface area contributed by atoms with E-state index in [2.05, 4.69) is 10.4 Å². The molecule has 1 aromatic heterocycles. The van der Waals surface area contributed by atoms with Gasteiger partial charge < -0.3 is 0 Å². The normalized spacial score (nSPS) is 13.3. The van der Waals surface area contributed by atoms with Crippen molar-refractivity contribution in [1.29, 1.82) is 0 Å². The Kier molecular flexibility index (Phi) is 4.87. The van der Waals surface area contributed by atoms with Gasteiger partial charge in [-0.25, -0.2) is 9.80 Å². The van der Waals surface area contributed by atoms with E-state index in [1.165, 1.54) is 9.58 Å². The third-order valence-electron chi connectivity index (χ3n) is 4.87. The molecule has 7 nitrogen and oxygen atoms in total. The van der Waals surface area contributed by atoms with Crippen LogP contribution >= 0.6 is 0 Å². The molecule has 0 unspecified atom stereocenters. The van der Waals surface area contributed by atoms with E-state index in [0.29, 0.717) is 16.5 Å². The van der Waals surface area contributed by atoms with Crippen molar-refractivity contribution in [2.45, 2.75) is 19.9 Å². The van der Waals surface area contributed by atoms with E-state index in [0.717, 1.165) is 17.6 Å². The summed E-state index contributed by atoms with van der Waals surface area (Å²) in [6.45, 7) is 2.28. The molecule has 0 saturated heterocycles. The Balaban J connectivity index is 1.64. The Bertz CT molecular complexity index is 1270. The molecule has 1 aliphatic rings. The van der Waals surface area contributed by atoms with Crippen molar-refractivity contribution >= 4 is 16.8 Å². The van der Waals surface area contributed by atoms with Gasteiger partial charge in [-0.1, -0.05) is 31.2 Å². The number of amides is 1. The fourth-order valence-electron chi connectivity index (χ4n) is 3.28. The van der Waals surface area contributed by atoms with E-state index in [-0.39, 0.29) is 12.5 Å². The van der Waals surface area contributed by atoms with Crippen LogP contribution in [0.3, 0.4) is 0 Å². The molecule has 0 spiro atoms. The van der Waals surface area contributed by atoms with E-state index >= 15 is 0 Å². The van der Waals surface area contributed by atoms with Gasteiger partial charge in [-0.05, 0) is 47.9 Å². The fraction of sp³-hybridized carbons (Fsp3) is 0.136. The summed E-state index contributed by atoms with van der Waals surface area (Å²) in [5.41, 5.74) is 5.00. The number of aromatic nitrogens is 2. The number of para-hydroxylation sites is 1. The van der Waals surface area contributed by atoms with Gasteiger partial charge in [0.25, 0.3) is 11.5 Å². The van der Waals surface area contributed by atoms with Gasteiger partial charge in [0.05, 0.1) is 17.4 Å². The number of benzene rings is 2. The molecule has 2 N–H and O–H groups in total. The highest BCUT2D eigenvalue weighted by atomic mass is 16.2. The quantitative estimate of drug-likeness (QED) is 0.719. The van der Waals surface area contributed by atoms with E-state index in [1.807, 2.05) is 19.1 Å². The highest BCUT2D eigenvalue weighted by Gasteiger charge is 2.16. The molecule has 2 heterocycles. The van der Waals surface area contributed by atoms with Crippen molar-refractivity contribution in [2.24, 2.45) is 0 Å². The molecule has 29 heavy (non-hydrogen) atoms. The predicted octanol–water partition coefficient (Wildman–Crippen LogP) is 2.51. The molecule has 0 atom stereocenters. The van der Waals surface area contributed by atoms with Crippen LogP contribution in [0.25, 0.3) is 10.9 Å². The molecule has 7 heteroatoms. The van der Waals surface area contributed by atoms with Gasteiger partial charge in [-0.15, -0.1) is 0 Å². The van der Waals surface area contributed by atoms with Crippen molar-refractivity contribution < 1.29 is 4.79 Å². The first-order valence-corrected chi connectivity index (χ1v) is 9.34.